The smallest absolute Gasteiger partial charge is 0.308 e. The van der Waals surface area contributed by atoms with Crippen LogP contribution in [0.5, 0.6) is 0 Å². The molecule has 1 rings (SSSR count). The predicted molar refractivity (Wildman–Crippen MR) is 71.8 cm³/mol. The Morgan fingerprint density at radius 2 is 1.95 bits per heavy atom. The van der Waals surface area contributed by atoms with Gasteiger partial charge >= 0.3 is 5.97 Å². The predicted octanol–water partition coefficient (Wildman–Crippen LogP) is 1.67. The first-order chi connectivity index (χ1) is 9.00. The highest BCUT2D eigenvalue weighted by Gasteiger charge is 2.29. The van der Waals surface area contributed by atoms with E-state index in [1.807, 2.05) is 0 Å². The van der Waals surface area contributed by atoms with Crippen molar-refractivity contribution >= 4 is 11.9 Å². The number of carbonyl (C=O) groups excluding carboxylic acids is 1. The maximum absolute atomic E-state index is 11.6. The van der Waals surface area contributed by atoms with E-state index in [4.69, 9.17) is 4.74 Å². The number of ether oxygens (including phenoxy) is 1. The molecule has 0 aliphatic carbocycles. The van der Waals surface area contributed by atoms with E-state index in [0.29, 0.717) is 25.6 Å². The lowest BCUT2D eigenvalue weighted by molar-refractivity contribution is -0.145. The SMILES string of the molecule is CC(C)CCC(=O)NCC(C(=O)O)C1CCOCC1. The fraction of sp³-hybridized carbons (Fsp3) is 0.857. The van der Waals surface area contributed by atoms with Gasteiger partial charge in [0.15, 0.2) is 0 Å². The molecule has 5 heteroatoms. The van der Waals surface area contributed by atoms with Crippen molar-refractivity contribution < 1.29 is 19.4 Å². The molecule has 1 amide bonds. The van der Waals surface area contributed by atoms with Crippen LogP contribution in [0.15, 0.2) is 0 Å². The van der Waals surface area contributed by atoms with Crippen molar-refractivity contribution in [2.24, 2.45) is 17.8 Å². The number of carbonyl (C=O) groups is 2. The monoisotopic (exact) mass is 271 g/mol. The van der Waals surface area contributed by atoms with E-state index in [-0.39, 0.29) is 18.4 Å². The molecule has 1 saturated heterocycles. The Hall–Kier alpha value is -1.10. The summed E-state index contributed by atoms with van der Waals surface area (Å²) in [4.78, 5) is 22.9. The van der Waals surface area contributed by atoms with Crippen LogP contribution < -0.4 is 5.32 Å². The van der Waals surface area contributed by atoms with Crippen LogP contribution in [-0.4, -0.2) is 36.7 Å². The molecule has 1 unspecified atom stereocenters. The normalized spacial score (nSPS) is 18.3. The number of carboxylic acid groups (broad SMARTS) is 1. The van der Waals surface area contributed by atoms with E-state index in [0.717, 1.165) is 19.3 Å². The molecule has 0 spiro atoms. The second-order valence-corrected chi connectivity index (χ2v) is 5.63. The molecule has 0 aromatic heterocycles. The first-order valence-electron chi connectivity index (χ1n) is 7.08. The van der Waals surface area contributed by atoms with Gasteiger partial charge in [-0.05, 0) is 31.1 Å². The fourth-order valence-electron chi connectivity index (χ4n) is 2.31. The number of carboxylic acids is 1. The minimum Gasteiger partial charge on any atom is -0.481 e. The van der Waals surface area contributed by atoms with E-state index in [2.05, 4.69) is 19.2 Å². The maximum Gasteiger partial charge on any atom is 0.308 e. The number of hydrogen-bond donors (Lipinski definition) is 2. The Balaban J connectivity index is 2.36. The van der Waals surface area contributed by atoms with E-state index < -0.39 is 11.9 Å². The minimum atomic E-state index is -0.823. The molecule has 1 aliphatic heterocycles. The van der Waals surface area contributed by atoms with Crippen molar-refractivity contribution in [1.82, 2.24) is 5.32 Å². The van der Waals surface area contributed by atoms with Crippen LogP contribution in [0.1, 0.15) is 39.5 Å². The molecule has 1 heterocycles. The first-order valence-corrected chi connectivity index (χ1v) is 7.08. The lowest BCUT2D eigenvalue weighted by Gasteiger charge is -2.27. The third-order valence-electron chi connectivity index (χ3n) is 3.62. The van der Waals surface area contributed by atoms with Gasteiger partial charge in [0.1, 0.15) is 0 Å². The van der Waals surface area contributed by atoms with Crippen LogP contribution in [-0.2, 0) is 14.3 Å². The molecule has 1 aliphatic rings. The van der Waals surface area contributed by atoms with Crippen LogP contribution in [0.3, 0.4) is 0 Å². The van der Waals surface area contributed by atoms with Gasteiger partial charge in [0.05, 0.1) is 5.92 Å². The van der Waals surface area contributed by atoms with Crippen LogP contribution >= 0.6 is 0 Å². The molecule has 2 N–H and O–H groups in total. The molecule has 1 atom stereocenters. The van der Waals surface area contributed by atoms with E-state index in [9.17, 15) is 14.7 Å². The molecule has 19 heavy (non-hydrogen) atoms. The average Bonchev–Trinajstić information content (AvgIpc) is 2.37. The number of hydrogen-bond acceptors (Lipinski definition) is 3. The Labute approximate surface area is 114 Å². The zero-order chi connectivity index (χ0) is 14.3. The summed E-state index contributed by atoms with van der Waals surface area (Å²) in [5.74, 6) is -0.775. The van der Waals surface area contributed by atoms with Crippen LogP contribution in [0.25, 0.3) is 0 Å². The molecule has 0 aromatic carbocycles. The standard InChI is InChI=1S/C14H25NO4/c1-10(2)3-4-13(16)15-9-12(14(17)18)11-5-7-19-8-6-11/h10-12H,3-9H2,1-2H3,(H,15,16)(H,17,18). The quantitative estimate of drug-likeness (QED) is 0.738. The zero-order valence-electron chi connectivity index (χ0n) is 11.9. The summed E-state index contributed by atoms with van der Waals surface area (Å²) in [7, 11) is 0. The Bertz CT molecular complexity index is 298. The Morgan fingerprint density at radius 3 is 2.47 bits per heavy atom. The number of aliphatic carboxylic acids is 1. The van der Waals surface area contributed by atoms with Gasteiger partial charge in [0, 0.05) is 26.2 Å². The summed E-state index contributed by atoms with van der Waals surface area (Å²) in [6.07, 6.45) is 2.83. The van der Waals surface area contributed by atoms with Gasteiger partial charge in [-0.1, -0.05) is 13.8 Å². The topological polar surface area (TPSA) is 75.6 Å². The summed E-state index contributed by atoms with van der Waals surface area (Å²) >= 11 is 0. The van der Waals surface area contributed by atoms with Crippen molar-refractivity contribution in [3.05, 3.63) is 0 Å². The molecular weight excluding hydrogens is 246 g/mol. The van der Waals surface area contributed by atoms with Gasteiger partial charge in [-0.15, -0.1) is 0 Å². The van der Waals surface area contributed by atoms with Gasteiger partial charge in [-0.2, -0.15) is 0 Å². The molecule has 0 bridgehead atoms. The average molecular weight is 271 g/mol. The summed E-state index contributed by atoms with van der Waals surface area (Å²) in [6.45, 7) is 5.60. The molecular formula is C14H25NO4. The first kappa shape index (κ1) is 16.0. The number of nitrogens with one attached hydrogen (secondary N) is 1. The zero-order valence-corrected chi connectivity index (χ0v) is 11.9. The van der Waals surface area contributed by atoms with Crippen LogP contribution in [0.4, 0.5) is 0 Å². The van der Waals surface area contributed by atoms with Crippen molar-refractivity contribution in [2.75, 3.05) is 19.8 Å². The molecule has 1 fully saturated rings. The summed E-state index contributed by atoms with van der Waals surface area (Å²) < 4.78 is 5.24. The van der Waals surface area contributed by atoms with Crippen molar-refractivity contribution in [3.8, 4) is 0 Å². The number of amides is 1. The lowest BCUT2D eigenvalue weighted by atomic mass is 9.86. The molecule has 0 aromatic rings. The third-order valence-corrected chi connectivity index (χ3v) is 3.62. The van der Waals surface area contributed by atoms with E-state index in [1.165, 1.54) is 0 Å². The highest BCUT2D eigenvalue weighted by molar-refractivity contribution is 5.77. The molecule has 0 radical (unpaired) electrons. The summed E-state index contributed by atoms with van der Waals surface area (Å²) in [5, 5.41) is 12.0. The third kappa shape index (κ3) is 6.05. The van der Waals surface area contributed by atoms with E-state index in [1.54, 1.807) is 0 Å². The maximum atomic E-state index is 11.6. The minimum absolute atomic E-state index is 0.0491. The van der Waals surface area contributed by atoms with Crippen LogP contribution in [0.2, 0.25) is 0 Å². The van der Waals surface area contributed by atoms with Gasteiger partial charge in [0.25, 0.3) is 0 Å². The fourth-order valence-corrected chi connectivity index (χ4v) is 2.31. The molecule has 0 saturated carbocycles. The highest BCUT2D eigenvalue weighted by atomic mass is 16.5. The lowest BCUT2D eigenvalue weighted by Crippen LogP contribution is -2.39. The molecule has 110 valence electrons. The summed E-state index contributed by atoms with van der Waals surface area (Å²) in [6, 6.07) is 0. The summed E-state index contributed by atoms with van der Waals surface area (Å²) in [5.41, 5.74) is 0. The van der Waals surface area contributed by atoms with E-state index >= 15 is 0 Å². The second-order valence-electron chi connectivity index (χ2n) is 5.63. The Kier molecular flexibility index (Phi) is 6.84. The van der Waals surface area contributed by atoms with Gasteiger partial charge < -0.3 is 15.2 Å². The molecule has 5 nitrogen and oxygen atoms in total. The second kappa shape index (κ2) is 8.15. The largest absolute Gasteiger partial charge is 0.481 e. The highest BCUT2D eigenvalue weighted by Crippen LogP contribution is 2.23. The van der Waals surface area contributed by atoms with Crippen LogP contribution in [0, 0.1) is 17.8 Å². The van der Waals surface area contributed by atoms with Crippen molar-refractivity contribution in [2.45, 2.75) is 39.5 Å². The van der Waals surface area contributed by atoms with Crippen molar-refractivity contribution in [1.29, 1.82) is 0 Å². The van der Waals surface area contributed by atoms with Crippen molar-refractivity contribution in [3.63, 3.8) is 0 Å². The Morgan fingerprint density at radius 1 is 1.32 bits per heavy atom. The number of rotatable bonds is 7. The van der Waals surface area contributed by atoms with Gasteiger partial charge in [-0.3, -0.25) is 9.59 Å². The van der Waals surface area contributed by atoms with Gasteiger partial charge in [0.2, 0.25) is 5.91 Å². The van der Waals surface area contributed by atoms with Gasteiger partial charge in [-0.25, -0.2) is 0 Å².